The molecular weight excluding hydrogens is 414 g/mol. The molecule has 0 saturated heterocycles. The van der Waals surface area contributed by atoms with Crippen LogP contribution in [0.2, 0.25) is 0 Å². The standard InChI is InChI=1S/C26H23N5O2/c1-18-6-2-3-7-20(18)16-25(32)28-21-12-10-19(11-13-21)26(33)30-15-14-24-29-27-17-31(24)23-9-5-4-8-22(23)30/h2-13,17H,14-16H2,1H3,(H,28,32). The van der Waals surface area contributed by atoms with Crippen LogP contribution < -0.4 is 10.2 Å². The van der Waals surface area contributed by atoms with E-state index in [1.807, 2.05) is 60.0 Å². The molecule has 3 aromatic carbocycles. The van der Waals surface area contributed by atoms with Crippen LogP contribution in [0.4, 0.5) is 11.4 Å². The van der Waals surface area contributed by atoms with Crippen LogP contribution in [0.25, 0.3) is 5.69 Å². The van der Waals surface area contributed by atoms with E-state index in [4.69, 9.17) is 0 Å². The third-order valence-corrected chi connectivity index (χ3v) is 5.88. The van der Waals surface area contributed by atoms with Crippen molar-refractivity contribution in [3.63, 3.8) is 0 Å². The van der Waals surface area contributed by atoms with Gasteiger partial charge < -0.3 is 10.2 Å². The van der Waals surface area contributed by atoms with Gasteiger partial charge in [-0.3, -0.25) is 14.2 Å². The molecule has 0 bridgehead atoms. The first-order valence-electron chi connectivity index (χ1n) is 10.8. The molecule has 5 rings (SSSR count). The highest BCUT2D eigenvalue weighted by Crippen LogP contribution is 2.29. The van der Waals surface area contributed by atoms with E-state index in [9.17, 15) is 9.59 Å². The molecule has 7 heteroatoms. The molecule has 0 spiro atoms. The second-order valence-electron chi connectivity index (χ2n) is 8.04. The molecule has 0 radical (unpaired) electrons. The van der Waals surface area contributed by atoms with Crippen molar-refractivity contribution in [2.75, 3.05) is 16.8 Å². The smallest absolute Gasteiger partial charge is 0.258 e. The second-order valence-corrected chi connectivity index (χ2v) is 8.04. The van der Waals surface area contributed by atoms with E-state index in [1.165, 1.54) is 0 Å². The van der Waals surface area contributed by atoms with Gasteiger partial charge >= 0.3 is 0 Å². The number of carbonyl (C=O) groups is 2. The van der Waals surface area contributed by atoms with Crippen molar-refractivity contribution in [3.8, 4) is 5.69 Å². The molecule has 1 N–H and O–H groups in total. The predicted molar refractivity (Wildman–Crippen MR) is 127 cm³/mol. The van der Waals surface area contributed by atoms with Crippen molar-refractivity contribution in [2.45, 2.75) is 19.8 Å². The Labute approximate surface area is 191 Å². The molecule has 0 aliphatic carbocycles. The Morgan fingerprint density at radius 2 is 1.67 bits per heavy atom. The molecular formula is C26H23N5O2. The van der Waals surface area contributed by atoms with Gasteiger partial charge in [0.1, 0.15) is 12.2 Å². The number of rotatable bonds is 4. The second kappa shape index (κ2) is 8.70. The number of hydrogen-bond acceptors (Lipinski definition) is 4. The summed E-state index contributed by atoms with van der Waals surface area (Å²) in [7, 11) is 0. The first kappa shape index (κ1) is 20.6. The van der Waals surface area contributed by atoms with E-state index in [2.05, 4.69) is 15.5 Å². The Balaban J connectivity index is 1.32. The normalized spacial score (nSPS) is 12.5. The molecule has 164 valence electrons. The van der Waals surface area contributed by atoms with Crippen molar-refractivity contribution >= 4 is 23.2 Å². The van der Waals surface area contributed by atoms with E-state index in [0.29, 0.717) is 30.6 Å². The quantitative estimate of drug-likeness (QED) is 0.524. The summed E-state index contributed by atoms with van der Waals surface area (Å²) in [5, 5.41) is 11.1. The average molecular weight is 438 g/mol. The molecule has 1 aliphatic rings. The molecule has 0 fully saturated rings. The van der Waals surface area contributed by atoms with Gasteiger partial charge in [0.15, 0.2) is 0 Å². The third kappa shape index (κ3) is 4.13. The fourth-order valence-corrected chi connectivity index (χ4v) is 4.11. The van der Waals surface area contributed by atoms with Gasteiger partial charge in [-0.25, -0.2) is 0 Å². The van der Waals surface area contributed by atoms with Crippen LogP contribution in [0, 0.1) is 6.92 Å². The third-order valence-electron chi connectivity index (χ3n) is 5.88. The molecule has 2 heterocycles. The minimum atomic E-state index is -0.0982. The Hall–Kier alpha value is -4.26. The lowest BCUT2D eigenvalue weighted by Gasteiger charge is -2.23. The Kier molecular flexibility index (Phi) is 5.44. The van der Waals surface area contributed by atoms with E-state index in [1.54, 1.807) is 35.5 Å². The molecule has 33 heavy (non-hydrogen) atoms. The van der Waals surface area contributed by atoms with Crippen LogP contribution in [-0.2, 0) is 17.6 Å². The number of hydrogen-bond donors (Lipinski definition) is 1. The summed E-state index contributed by atoms with van der Waals surface area (Å²) in [4.78, 5) is 27.6. The van der Waals surface area contributed by atoms with Crippen LogP contribution in [-0.4, -0.2) is 33.1 Å². The zero-order valence-corrected chi connectivity index (χ0v) is 18.2. The van der Waals surface area contributed by atoms with Crippen LogP contribution in [0.5, 0.6) is 0 Å². The maximum atomic E-state index is 13.4. The number of amides is 2. The molecule has 0 unspecified atom stereocenters. The van der Waals surface area contributed by atoms with Crippen molar-refractivity contribution < 1.29 is 9.59 Å². The van der Waals surface area contributed by atoms with Crippen LogP contribution >= 0.6 is 0 Å². The molecule has 7 nitrogen and oxygen atoms in total. The minimum absolute atomic E-state index is 0.0900. The zero-order valence-electron chi connectivity index (χ0n) is 18.2. The summed E-state index contributed by atoms with van der Waals surface area (Å²) in [5.74, 6) is 0.635. The maximum absolute atomic E-state index is 13.4. The highest BCUT2D eigenvalue weighted by atomic mass is 16.2. The number of aryl methyl sites for hydroxylation is 1. The number of aromatic nitrogens is 3. The number of para-hydroxylation sites is 2. The van der Waals surface area contributed by atoms with E-state index >= 15 is 0 Å². The van der Waals surface area contributed by atoms with Gasteiger partial charge in [0.05, 0.1) is 17.8 Å². The van der Waals surface area contributed by atoms with Crippen LogP contribution in [0.1, 0.15) is 27.3 Å². The fraction of sp³-hybridized carbons (Fsp3) is 0.154. The highest BCUT2D eigenvalue weighted by Gasteiger charge is 2.25. The summed E-state index contributed by atoms with van der Waals surface area (Å²) in [6.07, 6.45) is 2.59. The summed E-state index contributed by atoms with van der Waals surface area (Å²) in [6, 6.07) is 22.6. The topological polar surface area (TPSA) is 80.1 Å². The van der Waals surface area contributed by atoms with Crippen molar-refractivity contribution in [3.05, 3.63) is 102 Å². The number of nitrogens with zero attached hydrogens (tertiary/aromatic N) is 4. The van der Waals surface area contributed by atoms with Crippen molar-refractivity contribution in [2.24, 2.45) is 0 Å². The van der Waals surface area contributed by atoms with Gasteiger partial charge in [-0.15, -0.1) is 10.2 Å². The van der Waals surface area contributed by atoms with E-state index < -0.39 is 0 Å². The zero-order chi connectivity index (χ0) is 22.8. The molecule has 0 saturated carbocycles. The van der Waals surface area contributed by atoms with Gasteiger partial charge in [-0.1, -0.05) is 36.4 Å². The minimum Gasteiger partial charge on any atom is -0.326 e. The predicted octanol–water partition coefficient (Wildman–Crippen LogP) is 3.96. The number of benzene rings is 3. The first-order valence-corrected chi connectivity index (χ1v) is 10.8. The lowest BCUT2D eigenvalue weighted by molar-refractivity contribution is -0.115. The summed E-state index contributed by atoms with van der Waals surface area (Å²) < 4.78 is 1.93. The summed E-state index contributed by atoms with van der Waals surface area (Å²) in [5.41, 5.74) is 4.99. The summed E-state index contributed by atoms with van der Waals surface area (Å²) >= 11 is 0. The molecule has 1 aromatic heterocycles. The fourth-order valence-electron chi connectivity index (χ4n) is 4.11. The number of nitrogens with one attached hydrogen (secondary N) is 1. The SMILES string of the molecule is Cc1ccccc1CC(=O)Nc1ccc(C(=O)N2CCc3nncn3-c3ccccc32)cc1. The molecule has 4 aromatic rings. The largest absolute Gasteiger partial charge is 0.326 e. The van der Waals surface area contributed by atoms with Crippen LogP contribution in [0.3, 0.4) is 0 Å². The monoisotopic (exact) mass is 437 g/mol. The van der Waals surface area contributed by atoms with Crippen molar-refractivity contribution in [1.82, 2.24) is 14.8 Å². The van der Waals surface area contributed by atoms with E-state index in [-0.39, 0.29) is 11.8 Å². The Bertz CT molecular complexity index is 1330. The van der Waals surface area contributed by atoms with Gasteiger partial charge in [0.2, 0.25) is 5.91 Å². The molecule has 0 atom stereocenters. The average Bonchev–Trinajstić information content (AvgIpc) is 3.24. The van der Waals surface area contributed by atoms with Gasteiger partial charge in [-0.2, -0.15) is 0 Å². The lowest BCUT2D eigenvalue weighted by Crippen LogP contribution is -2.32. The van der Waals surface area contributed by atoms with E-state index in [0.717, 1.165) is 28.3 Å². The van der Waals surface area contributed by atoms with Gasteiger partial charge in [0, 0.05) is 24.2 Å². The Morgan fingerprint density at radius 1 is 0.939 bits per heavy atom. The van der Waals surface area contributed by atoms with Gasteiger partial charge in [0.25, 0.3) is 5.91 Å². The highest BCUT2D eigenvalue weighted by molar-refractivity contribution is 6.07. The van der Waals surface area contributed by atoms with Crippen LogP contribution in [0.15, 0.2) is 79.1 Å². The summed E-state index contributed by atoms with van der Waals surface area (Å²) in [6.45, 7) is 2.50. The molecule has 2 amide bonds. The lowest BCUT2D eigenvalue weighted by atomic mass is 10.1. The Morgan fingerprint density at radius 3 is 2.45 bits per heavy atom. The number of anilines is 2. The number of carbonyl (C=O) groups excluding carboxylic acids is 2. The molecule has 1 aliphatic heterocycles. The maximum Gasteiger partial charge on any atom is 0.258 e. The van der Waals surface area contributed by atoms with Crippen molar-refractivity contribution in [1.29, 1.82) is 0 Å². The van der Waals surface area contributed by atoms with Gasteiger partial charge in [-0.05, 0) is 54.4 Å². The number of fused-ring (bicyclic) bond motifs is 3. The first-order chi connectivity index (χ1) is 16.1.